The zero-order valence-corrected chi connectivity index (χ0v) is 12.4. The summed E-state index contributed by atoms with van der Waals surface area (Å²) in [6.07, 6.45) is 0.775. The van der Waals surface area contributed by atoms with Gasteiger partial charge in [0.2, 0.25) is 0 Å². The number of rotatable bonds is 5. The van der Waals surface area contributed by atoms with Gasteiger partial charge in [-0.15, -0.1) is 11.3 Å². The predicted molar refractivity (Wildman–Crippen MR) is 77.9 cm³/mol. The average molecular weight is 277 g/mol. The van der Waals surface area contributed by atoms with Crippen LogP contribution in [0, 0.1) is 20.8 Å². The average Bonchev–Trinajstić information content (AvgIpc) is 2.86. The normalized spacial score (nSPS) is 10.7. The van der Waals surface area contributed by atoms with Crippen molar-refractivity contribution in [1.29, 1.82) is 0 Å². The van der Waals surface area contributed by atoms with Gasteiger partial charge >= 0.3 is 0 Å². The van der Waals surface area contributed by atoms with Crippen molar-refractivity contribution in [2.75, 3.05) is 6.61 Å². The van der Waals surface area contributed by atoms with Gasteiger partial charge in [0.25, 0.3) is 0 Å². The van der Waals surface area contributed by atoms with E-state index in [-0.39, 0.29) is 6.61 Å². The van der Waals surface area contributed by atoms with Crippen LogP contribution in [0.5, 0.6) is 5.75 Å². The Hall–Kier alpha value is -1.39. The molecule has 0 fully saturated rings. The Bertz CT molecular complexity index is 563. The molecule has 4 heteroatoms. The minimum atomic E-state index is 0.00739. The van der Waals surface area contributed by atoms with Crippen LogP contribution in [0.3, 0.4) is 0 Å². The summed E-state index contributed by atoms with van der Waals surface area (Å²) in [6, 6.07) is 4.21. The summed E-state index contributed by atoms with van der Waals surface area (Å²) in [6.45, 7) is 6.87. The van der Waals surface area contributed by atoms with Crippen molar-refractivity contribution in [3.05, 3.63) is 44.9 Å². The van der Waals surface area contributed by atoms with E-state index >= 15 is 0 Å². The van der Waals surface area contributed by atoms with Crippen LogP contribution < -0.4 is 4.74 Å². The van der Waals surface area contributed by atoms with Crippen LogP contribution in [-0.4, -0.2) is 16.7 Å². The van der Waals surface area contributed by atoms with Gasteiger partial charge in [-0.3, -0.25) is 0 Å². The molecule has 0 atom stereocenters. The van der Waals surface area contributed by atoms with Crippen LogP contribution in [0.1, 0.15) is 27.4 Å². The summed E-state index contributed by atoms with van der Waals surface area (Å²) in [5, 5.41) is 11.9. The molecule has 1 aromatic carbocycles. The maximum Gasteiger partial charge on any atom is 0.125 e. The Morgan fingerprint density at radius 2 is 1.95 bits per heavy atom. The van der Waals surface area contributed by atoms with Crippen molar-refractivity contribution in [2.24, 2.45) is 0 Å². The van der Waals surface area contributed by atoms with Gasteiger partial charge in [0.05, 0.1) is 23.9 Å². The highest BCUT2D eigenvalue weighted by Gasteiger charge is 2.07. The highest BCUT2D eigenvalue weighted by molar-refractivity contribution is 7.09. The minimum absolute atomic E-state index is 0.00739. The van der Waals surface area contributed by atoms with E-state index in [9.17, 15) is 0 Å². The third kappa shape index (κ3) is 3.33. The molecule has 0 amide bonds. The first-order valence-corrected chi connectivity index (χ1v) is 7.23. The molecular weight excluding hydrogens is 258 g/mol. The molecule has 0 aliphatic heterocycles. The summed E-state index contributed by atoms with van der Waals surface area (Å²) in [4.78, 5) is 4.31. The molecular formula is C15H19NO2S. The number of ether oxygens (including phenoxy) is 1. The van der Waals surface area contributed by atoms with Crippen molar-refractivity contribution in [2.45, 2.75) is 33.8 Å². The summed E-state index contributed by atoms with van der Waals surface area (Å²) < 4.78 is 5.90. The van der Waals surface area contributed by atoms with Gasteiger partial charge < -0.3 is 9.84 Å². The monoisotopic (exact) mass is 277 g/mol. The molecule has 102 valence electrons. The SMILES string of the molecule is Cc1ccc(C)c(OCCc2nc(CO)cs2)c1C. The molecule has 0 spiro atoms. The van der Waals surface area contributed by atoms with E-state index in [0.717, 1.165) is 22.9 Å². The lowest BCUT2D eigenvalue weighted by Gasteiger charge is -2.13. The second-order valence-corrected chi connectivity index (χ2v) is 5.59. The van der Waals surface area contributed by atoms with Crippen molar-refractivity contribution in [3.63, 3.8) is 0 Å². The van der Waals surface area contributed by atoms with Gasteiger partial charge in [-0.2, -0.15) is 0 Å². The summed E-state index contributed by atoms with van der Waals surface area (Å²) in [5.74, 6) is 0.985. The highest BCUT2D eigenvalue weighted by Crippen LogP contribution is 2.25. The number of aromatic nitrogens is 1. The van der Waals surface area contributed by atoms with Crippen molar-refractivity contribution in [1.82, 2.24) is 4.98 Å². The first kappa shape index (κ1) is 14.0. The second kappa shape index (κ2) is 6.17. The van der Waals surface area contributed by atoms with Crippen LogP contribution in [-0.2, 0) is 13.0 Å². The maximum atomic E-state index is 8.97. The molecule has 0 bridgehead atoms. The fraction of sp³-hybridized carbons (Fsp3) is 0.400. The van der Waals surface area contributed by atoms with Gasteiger partial charge in [0.15, 0.2) is 0 Å². The Balaban J connectivity index is 1.97. The van der Waals surface area contributed by atoms with E-state index in [1.165, 1.54) is 16.7 Å². The Labute approximate surface area is 117 Å². The topological polar surface area (TPSA) is 42.4 Å². The minimum Gasteiger partial charge on any atom is -0.493 e. The standard InChI is InChI=1S/C15H19NO2S/c1-10-4-5-11(2)15(12(10)3)18-7-6-14-16-13(8-17)9-19-14/h4-5,9,17H,6-8H2,1-3H3. The van der Waals surface area contributed by atoms with E-state index < -0.39 is 0 Å². The fourth-order valence-corrected chi connectivity index (χ4v) is 2.69. The van der Waals surface area contributed by atoms with Crippen LogP contribution in [0.2, 0.25) is 0 Å². The Morgan fingerprint density at radius 1 is 1.21 bits per heavy atom. The number of thiazole rings is 1. The summed E-state index contributed by atoms with van der Waals surface area (Å²) in [7, 11) is 0. The first-order valence-electron chi connectivity index (χ1n) is 6.35. The number of benzene rings is 1. The van der Waals surface area contributed by atoms with Crippen LogP contribution in [0.25, 0.3) is 0 Å². The molecule has 0 saturated heterocycles. The molecule has 2 rings (SSSR count). The molecule has 3 nitrogen and oxygen atoms in total. The van der Waals surface area contributed by atoms with Crippen LogP contribution in [0.15, 0.2) is 17.5 Å². The molecule has 0 radical (unpaired) electrons. The van der Waals surface area contributed by atoms with Gasteiger partial charge in [-0.05, 0) is 37.5 Å². The molecule has 1 N–H and O–H groups in total. The van der Waals surface area contributed by atoms with Gasteiger partial charge in [0.1, 0.15) is 5.75 Å². The largest absolute Gasteiger partial charge is 0.493 e. The quantitative estimate of drug-likeness (QED) is 0.912. The lowest BCUT2D eigenvalue weighted by Crippen LogP contribution is -2.04. The van der Waals surface area contributed by atoms with Gasteiger partial charge in [-0.1, -0.05) is 12.1 Å². The molecule has 0 saturated carbocycles. The second-order valence-electron chi connectivity index (χ2n) is 4.64. The van der Waals surface area contributed by atoms with Gasteiger partial charge in [-0.25, -0.2) is 4.98 Å². The number of aliphatic hydroxyl groups is 1. The third-order valence-corrected chi connectivity index (χ3v) is 4.15. The molecule has 1 aromatic heterocycles. The number of hydrogen-bond donors (Lipinski definition) is 1. The smallest absolute Gasteiger partial charge is 0.125 e. The van der Waals surface area contributed by atoms with Gasteiger partial charge in [0, 0.05) is 11.8 Å². The predicted octanol–water partition coefficient (Wildman–Crippen LogP) is 3.18. The molecule has 0 aliphatic rings. The zero-order valence-electron chi connectivity index (χ0n) is 11.6. The Morgan fingerprint density at radius 3 is 2.63 bits per heavy atom. The highest BCUT2D eigenvalue weighted by atomic mass is 32.1. The van der Waals surface area contributed by atoms with E-state index in [0.29, 0.717) is 6.61 Å². The Kier molecular flexibility index (Phi) is 4.56. The number of nitrogens with zero attached hydrogens (tertiary/aromatic N) is 1. The van der Waals surface area contributed by atoms with Crippen molar-refractivity contribution in [3.8, 4) is 5.75 Å². The van der Waals surface area contributed by atoms with Crippen LogP contribution >= 0.6 is 11.3 Å². The number of aryl methyl sites for hydroxylation is 2. The van der Waals surface area contributed by atoms with Crippen molar-refractivity contribution < 1.29 is 9.84 Å². The molecule has 0 aliphatic carbocycles. The van der Waals surface area contributed by atoms with Crippen LogP contribution in [0.4, 0.5) is 0 Å². The molecule has 19 heavy (non-hydrogen) atoms. The number of aliphatic hydroxyl groups excluding tert-OH is 1. The number of hydrogen-bond acceptors (Lipinski definition) is 4. The van der Waals surface area contributed by atoms with E-state index in [2.05, 4.69) is 37.9 Å². The third-order valence-electron chi connectivity index (χ3n) is 3.20. The molecule has 0 unspecified atom stereocenters. The molecule has 1 heterocycles. The molecule has 2 aromatic rings. The fourth-order valence-electron chi connectivity index (χ4n) is 1.92. The van der Waals surface area contributed by atoms with Crippen molar-refractivity contribution >= 4 is 11.3 Å². The van der Waals surface area contributed by atoms with E-state index in [4.69, 9.17) is 9.84 Å². The van der Waals surface area contributed by atoms with E-state index in [1.807, 2.05) is 5.38 Å². The zero-order chi connectivity index (χ0) is 13.8. The first-order chi connectivity index (χ1) is 9.11. The maximum absolute atomic E-state index is 8.97. The summed E-state index contributed by atoms with van der Waals surface area (Å²) in [5.41, 5.74) is 4.36. The lowest BCUT2D eigenvalue weighted by molar-refractivity contribution is 0.277. The lowest BCUT2D eigenvalue weighted by atomic mass is 10.1. The summed E-state index contributed by atoms with van der Waals surface area (Å²) >= 11 is 1.57. The van der Waals surface area contributed by atoms with E-state index in [1.54, 1.807) is 11.3 Å².